The first-order valence-corrected chi connectivity index (χ1v) is 5.95. The van der Waals surface area contributed by atoms with Gasteiger partial charge in [0.15, 0.2) is 0 Å². The molecule has 2 heteroatoms. The zero-order valence-electron chi connectivity index (χ0n) is 10.6. The number of carbonyl (C=O) groups excluding carboxylic acids is 1. The summed E-state index contributed by atoms with van der Waals surface area (Å²) in [5, 5.41) is 2.92. The number of hydrogen-bond donors (Lipinski definition) is 1. The van der Waals surface area contributed by atoms with E-state index in [0.29, 0.717) is 5.92 Å². The molecule has 1 atom stereocenters. The van der Waals surface area contributed by atoms with E-state index in [9.17, 15) is 4.79 Å². The quantitative estimate of drug-likeness (QED) is 0.820. The molecular formula is C14H21NO. The minimum Gasteiger partial charge on any atom is -0.326 e. The normalized spacial score (nSPS) is 12.6. The predicted octanol–water partition coefficient (Wildman–Crippen LogP) is 3.79. The zero-order chi connectivity index (χ0) is 12.1. The van der Waals surface area contributed by atoms with Crippen LogP contribution in [-0.2, 0) is 4.79 Å². The van der Waals surface area contributed by atoms with Gasteiger partial charge in [0, 0.05) is 11.6 Å². The summed E-state index contributed by atoms with van der Waals surface area (Å²) in [6, 6.07) is 8.07. The van der Waals surface area contributed by atoms with Crippen LogP contribution in [0.25, 0.3) is 0 Å². The van der Waals surface area contributed by atoms with E-state index >= 15 is 0 Å². The zero-order valence-corrected chi connectivity index (χ0v) is 10.6. The van der Waals surface area contributed by atoms with Crippen LogP contribution < -0.4 is 5.32 Å². The maximum atomic E-state index is 11.7. The molecule has 1 N–H and O–H groups in total. The van der Waals surface area contributed by atoms with Crippen molar-refractivity contribution in [2.75, 3.05) is 5.32 Å². The van der Waals surface area contributed by atoms with Crippen LogP contribution in [0.3, 0.4) is 0 Å². The molecule has 0 aliphatic heterocycles. The van der Waals surface area contributed by atoms with Crippen molar-refractivity contribution in [1.29, 1.82) is 0 Å². The molecule has 0 radical (unpaired) electrons. The highest BCUT2D eigenvalue weighted by Gasteiger charge is 2.10. The summed E-state index contributed by atoms with van der Waals surface area (Å²) in [6.07, 6.45) is 0.871. The molecule has 0 aromatic heterocycles. The Labute approximate surface area is 98.1 Å². The van der Waals surface area contributed by atoms with Crippen molar-refractivity contribution in [3.05, 3.63) is 29.8 Å². The van der Waals surface area contributed by atoms with E-state index in [0.717, 1.165) is 12.1 Å². The van der Waals surface area contributed by atoms with Crippen molar-refractivity contribution in [3.63, 3.8) is 0 Å². The van der Waals surface area contributed by atoms with E-state index in [2.05, 4.69) is 31.3 Å². The van der Waals surface area contributed by atoms with Gasteiger partial charge in [-0.3, -0.25) is 4.79 Å². The van der Waals surface area contributed by atoms with Crippen LogP contribution >= 0.6 is 0 Å². The first-order valence-electron chi connectivity index (χ1n) is 5.95. The van der Waals surface area contributed by atoms with E-state index in [4.69, 9.17) is 0 Å². The number of anilines is 1. The van der Waals surface area contributed by atoms with Gasteiger partial charge in [-0.2, -0.15) is 0 Å². The van der Waals surface area contributed by atoms with Crippen molar-refractivity contribution in [1.82, 2.24) is 0 Å². The van der Waals surface area contributed by atoms with E-state index in [1.54, 1.807) is 0 Å². The van der Waals surface area contributed by atoms with Gasteiger partial charge in [-0.1, -0.05) is 39.8 Å². The second-order valence-corrected chi connectivity index (χ2v) is 4.58. The minimum atomic E-state index is 0.0739. The lowest BCUT2D eigenvalue weighted by molar-refractivity contribution is -0.119. The number of hydrogen-bond acceptors (Lipinski definition) is 1. The second kappa shape index (κ2) is 5.69. The van der Waals surface area contributed by atoms with Gasteiger partial charge in [0.1, 0.15) is 0 Å². The SMILES string of the molecule is CCC(C)C(=O)Nc1ccc(C(C)C)cc1. The van der Waals surface area contributed by atoms with Crippen LogP contribution in [0.15, 0.2) is 24.3 Å². The van der Waals surface area contributed by atoms with Gasteiger partial charge in [-0.25, -0.2) is 0 Å². The molecule has 1 aromatic carbocycles. The molecule has 0 heterocycles. The summed E-state index contributed by atoms with van der Waals surface area (Å²) in [7, 11) is 0. The fraction of sp³-hybridized carbons (Fsp3) is 0.500. The first kappa shape index (κ1) is 12.8. The lowest BCUT2D eigenvalue weighted by atomic mass is 10.0. The third kappa shape index (κ3) is 3.37. The number of carbonyl (C=O) groups is 1. The lowest BCUT2D eigenvalue weighted by Crippen LogP contribution is -2.19. The molecule has 0 saturated carbocycles. The standard InChI is InChI=1S/C14H21NO/c1-5-11(4)14(16)15-13-8-6-12(7-9-13)10(2)3/h6-11H,5H2,1-4H3,(H,15,16). The Kier molecular flexibility index (Phi) is 4.53. The van der Waals surface area contributed by atoms with Crippen LogP contribution in [-0.4, -0.2) is 5.91 Å². The van der Waals surface area contributed by atoms with Gasteiger partial charge in [-0.15, -0.1) is 0 Å². The third-order valence-corrected chi connectivity index (χ3v) is 2.90. The molecular weight excluding hydrogens is 198 g/mol. The molecule has 1 unspecified atom stereocenters. The lowest BCUT2D eigenvalue weighted by Gasteiger charge is -2.11. The molecule has 0 fully saturated rings. The van der Waals surface area contributed by atoms with Crippen molar-refractivity contribution in [2.45, 2.75) is 40.0 Å². The molecule has 2 nitrogen and oxygen atoms in total. The largest absolute Gasteiger partial charge is 0.326 e. The fourth-order valence-electron chi connectivity index (χ4n) is 1.40. The number of amides is 1. The Hall–Kier alpha value is -1.31. The van der Waals surface area contributed by atoms with E-state index in [-0.39, 0.29) is 11.8 Å². The van der Waals surface area contributed by atoms with E-state index in [1.165, 1.54) is 5.56 Å². The van der Waals surface area contributed by atoms with Gasteiger partial charge in [0.2, 0.25) is 5.91 Å². The molecule has 0 bridgehead atoms. The fourth-order valence-corrected chi connectivity index (χ4v) is 1.40. The van der Waals surface area contributed by atoms with Gasteiger partial charge in [-0.05, 0) is 30.0 Å². The Morgan fingerprint density at radius 1 is 1.19 bits per heavy atom. The highest BCUT2D eigenvalue weighted by molar-refractivity contribution is 5.92. The molecule has 0 aliphatic rings. The third-order valence-electron chi connectivity index (χ3n) is 2.90. The Morgan fingerprint density at radius 2 is 1.75 bits per heavy atom. The van der Waals surface area contributed by atoms with Crippen molar-refractivity contribution in [3.8, 4) is 0 Å². The second-order valence-electron chi connectivity index (χ2n) is 4.58. The number of nitrogens with one attached hydrogen (secondary N) is 1. The van der Waals surface area contributed by atoms with E-state index < -0.39 is 0 Å². The summed E-state index contributed by atoms with van der Waals surface area (Å²) >= 11 is 0. The Bertz CT molecular complexity index is 340. The maximum Gasteiger partial charge on any atom is 0.227 e. The van der Waals surface area contributed by atoms with Crippen molar-refractivity contribution < 1.29 is 4.79 Å². The van der Waals surface area contributed by atoms with Gasteiger partial charge < -0.3 is 5.32 Å². The average molecular weight is 219 g/mol. The minimum absolute atomic E-state index is 0.0739. The molecule has 1 aromatic rings. The molecule has 0 spiro atoms. The summed E-state index contributed by atoms with van der Waals surface area (Å²) in [5.74, 6) is 0.698. The monoisotopic (exact) mass is 219 g/mol. The van der Waals surface area contributed by atoms with Crippen LogP contribution in [0.4, 0.5) is 5.69 Å². The van der Waals surface area contributed by atoms with Crippen LogP contribution in [0.2, 0.25) is 0 Å². The van der Waals surface area contributed by atoms with Crippen LogP contribution in [0, 0.1) is 5.92 Å². The van der Waals surface area contributed by atoms with E-state index in [1.807, 2.05) is 26.0 Å². The molecule has 0 aliphatic carbocycles. The first-order chi connectivity index (χ1) is 7.54. The van der Waals surface area contributed by atoms with Crippen LogP contribution in [0.1, 0.15) is 45.6 Å². The predicted molar refractivity (Wildman–Crippen MR) is 68.6 cm³/mol. The number of benzene rings is 1. The molecule has 1 rings (SSSR count). The average Bonchev–Trinajstić information content (AvgIpc) is 2.28. The summed E-state index contributed by atoms with van der Waals surface area (Å²) < 4.78 is 0. The van der Waals surface area contributed by atoms with Crippen LogP contribution in [0.5, 0.6) is 0 Å². The molecule has 16 heavy (non-hydrogen) atoms. The van der Waals surface area contributed by atoms with Crippen molar-refractivity contribution >= 4 is 11.6 Å². The summed E-state index contributed by atoms with van der Waals surface area (Å²) in [4.78, 5) is 11.7. The Balaban J connectivity index is 2.65. The highest BCUT2D eigenvalue weighted by atomic mass is 16.1. The maximum absolute atomic E-state index is 11.7. The summed E-state index contributed by atoms with van der Waals surface area (Å²) in [6.45, 7) is 8.28. The van der Waals surface area contributed by atoms with Gasteiger partial charge in [0.05, 0.1) is 0 Å². The highest BCUT2D eigenvalue weighted by Crippen LogP contribution is 2.17. The molecule has 1 amide bonds. The number of rotatable bonds is 4. The molecule has 0 saturated heterocycles. The summed E-state index contributed by atoms with van der Waals surface area (Å²) in [5.41, 5.74) is 2.18. The topological polar surface area (TPSA) is 29.1 Å². The Morgan fingerprint density at radius 3 is 2.19 bits per heavy atom. The van der Waals surface area contributed by atoms with Crippen molar-refractivity contribution in [2.24, 2.45) is 5.92 Å². The van der Waals surface area contributed by atoms with Gasteiger partial charge in [0.25, 0.3) is 0 Å². The smallest absolute Gasteiger partial charge is 0.227 e. The molecule has 88 valence electrons. The van der Waals surface area contributed by atoms with Gasteiger partial charge >= 0.3 is 0 Å².